The molecule has 6 aromatic rings. The van der Waals surface area contributed by atoms with Crippen LogP contribution in [-0.2, 0) is 26.4 Å². The van der Waals surface area contributed by atoms with E-state index in [9.17, 15) is 19.8 Å². The van der Waals surface area contributed by atoms with E-state index in [4.69, 9.17) is 9.97 Å². The quantitative estimate of drug-likeness (QED) is 0.0868. The summed E-state index contributed by atoms with van der Waals surface area (Å²) in [6, 6.07) is 24.3. The molecule has 6 aromatic heterocycles. The Hall–Kier alpha value is -7.87. The summed E-state index contributed by atoms with van der Waals surface area (Å²) in [6.07, 6.45) is 12.2. The van der Waals surface area contributed by atoms with Crippen LogP contribution in [0.25, 0.3) is 103 Å². The number of carboxylic acid groups (broad SMARTS) is 2. The second kappa shape index (κ2) is 18.9. The Morgan fingerprint density at radius 3 is 1.31 bits per heavy atom. The van der Waals surface area contributed by atoms with Crippen LogP contribution < -0.4 is 0 Å². The number of hydrogen-bond donors (Lipinski definition) is 6. The van der Waals surface area contributed by atoms with Crippen molar-refractivity contribution in [3.05, 3.63) is 154 Å². The van der Waals surface area contributed by atoms with Gasteiger partial charge in [-0.25, -0.2) is 19.9 Å². The molecule has 1 radical (unpaired) electrons. The number of nitrogens with one attached hydrogen (secondary N) is 4. The van der Waals surface area contributed by atoms with Crippen molar-refractivity contribution >= 4 is 115 Å². The number of allylic oxidation sites excluding steroid dienone is 4. The fourth-order valence-electron chi connectivity index (χ4n) is 8.71. The van der Waals surface area contributed by atoms with E-state index in [-0.39, 0.29) is 29.6 Å². The van der Waals surface area contributed by atoms with Gasteiger partial charge in [0.05, 0.1) is 45.6 Å². The monoisotopic (exact) mass is 931 g/mol. The van der Waals surface area contributed by atoms with Crippen LogP contribution in [0.4, 0.5) is 0 Å². The van der Waals surface area contributed by atoms with Crippen LogP contribution in [0.3, 0.4) is 0 Å². The van der Waals surface area contributed by atoms with Gasteiger partial charge in [0.25, 0.3) is 0 Å². The van der Waals surface area contributed by atoms with Crippen molar-refractivity contribution in [1.82, 2.24) is 39.9 Å². The zero-order chi connectivity index (χ0) is 46.2. The first-order valence-corrected chi connectivity index (χ1v) is 21.7. The average molecular weight is 932 g/mol. The van der Waals surface area contributed by atoms with Crippen molar-refractivity contribution in [2.24, 2.45) is 0 Å². The predicted octanol–water partition coefficient (Wildman–Crippen LogP) is 12.5. The third-order valence-electron chi connectivity index (χ3n) is 12.3. The van der Waals surface area contributed by atoms with E-state index in [0.717, 1.165) is 123 Å². The molecule has 0 aliphatic carbocycles. The summed E-state index contributed by atoms with van der Waals surface area (Å²) in [5.41, 5.74) is 21.6. The van der Waals surface area contributed by atoms with E-state index < -0.39 is 11.9 Å². The number of nitrogens with zero attached hydrogens (tertiary/aromatic N) is 4. The molecular weight excluding hydrogens is 884 g/mol. The Bertz CT molecular complexity index is 3450. The Morgan fingerprint density at radius 1 is 0.493 bits per heavy atom. The van der Waals surface area contributed by atoms with Gasteiger partial charge in [-0.15, -0.1) is 0 Å². The summed E-state index contributed by atoms with van der Waals surface area (Å²) in [5, 5.41) is 18.9. The van der Waals surface area contributed by atoms with Crippen molar-refractivity contribution < 1.29 is 36.6 Å². The minimum absolute atomic E-state index is 0. The molecule has 6 N–H and O–H groups in total. The normalized spacial score (nSPS) is 12.7. The number of aromatic nitrogens is 8. The third-order valence-corrected chi connectivity index (χ3v) is 12.3. The van der Waals surface area contributed by atoms with E-state index in [2.05, 4.69) is 79.5 Å². The van der Waals surface area contributed by atoms with Gasteiger partial charge in [0.15, 0.2) is 0 Å². The number of H-pyrrole nitrogens is 4. The van der Waals surface area contributed by atoms with Gasteiger partial charge in [-0.3, -0.25) is 9.59 Å². The molecule has 0 fully saturated rings. The molecule has 13 heteroatoms. The molecule has 0 unspecified atom stereocenters. The summed E-state index contributed by atoms with van der Waals surface area (Å²) in [5.74, 6) is -1.78. The maximum atomic E-state index is 11.5. The molecule has 0 saturated carbocycles. The molecule has 0 amide bonds. The van der Waals surface area contributed by atoms with Crippen LogP contribution >= 0.6 is 0 Å². The molecule has 0 saturated heterocycles. The number of aryl methyl sites for hydroxylation is 2. The summed E-state index contributed by atoms with van der Waals surface area (Å²) in [7, 11) is 0. The molecule has 0 atom stereocenters. The summed E-state index contributed by atoms with van der Waals surface area (Å²) in [4.78, 5) is 56.0. The van der Waals surface area contributed by atoms with Gasteiger partial charge in [-0.05, 0) is 171 Å². The van der Waals surface area contributed by atoms with E-state index in [0.29, 0.717) is 24.2 Å². The molecule has 10 heterocycles. The maximum Gasteiger partial charge on any atom is 0.303 e. The predicted molar refractivity (Wildman–Crippen MR) is 268 cm³/mol. The van der Waals surface area contributed by atoms with Crippen LogP contribution in [0.1, 0.15) is 107 Å². The molecule has 337 valence electrons. The number of carbonyl (C=O) groups is 2. The zero-order valence-corrected chi connectivity index (χ0v) is 38.5. The van der Waals surface area contributed by atoms with Crippen molar-refractivity contribution in [3.8, 4) is 0 Å². The van der Waals surface area contributed by atoms with Gasteiger partial charge in [0.2, 0.25) is 0 Å². The number of aromatic amines is 4. The number of carboxylic acids is 2. The van der Waals surface area contributed by atoms with Crippen molar-refractivity contribution in [2.45, 2.75) is 53.4 Å². The second-order valence-corrected chi connectivity index (χ2v) is 16.6. The Morgan fingerprint density at radius 2 is 0.881 bits per heavy atom. The molecule has 0 aromatic carbocycles. The first-order valence-electron chi connectivity index (χ1n) is 21.7. The van der Waals surface area contributed by atoms with E-state index >= 15 is 0 Å². The van der Waals surface area contributed by atoms with Gasteiger partial charge >= 0.3 is 11.9 Å². The SMILES string of the molecule is C1=Cc2cc3ccc(cc4ccc(cc5nc(cc1n2)C=C5)[nH]4)[nH]3.C=Cc1c(C)c2cc3[nH]c(cc4nc(cc5nc(cc1[nH]2)C(C)=C5CCC(=O)O)C(CCC(=O)O)=C4C)c(C)c3C=C.[Co]. The largest absolute Gasteiger partial charge is 0.481 e. The molecule has 0 spiro atoms. The van der Waals surface area contributed by atoms with Gasteiger partial charge in [-0.1, -0.05) is 25.3 Å². The topological polar surface area (TPSA) is 189 Å². The number of aliphatic carboxylic acids is 2. The smallest absolute Gasteiger partial charge is 0.303 e. The minimum atomic E-state index is -0.889. The van der Waals surface area contributed by atoms with Crippen molar-refractivity contribution in [2.75, 3.05) is 0 Å². The fraction of sp³-hybridized carbons (Fsp3) is 0.148. The fourth-order valence-corrected chi connectivity index (χ4v) is 8.71. The van der Waals surface area contributed by atoms with Crippen LogP contribution in [0.15, 0.2) is 86.0 Å². The molecular formula is C54H48CoN8O4. The van der Waals surface area contributed by atoms with Crippen LogP contribution in [0.5, 0.6) is 0 Å². The molecule has 16 bridgehead atoms. The molecule has 4 aliphatic rings. The van der Waals surface area contributed by atoms with E-state index in [1.54, 1.807) is 0 Å². The Kier molecular flexibility index (Phi) is 12.9. The summed E-state index contributed by atoms with van der Waals surface area (Å²) >= 11 is 0. The van der Waals surface area contributed by atoms with Crippen LogP contribution in [0, 0.1) is 13.8 Å². The van der Waals surface area contributed by atoms with E-state index in [1.807, 2.05) is 101 Å². The molecule has 4 aliphatic heterocycles. The van der Waals surface area contributed by atoms with Gasteiger partial charge in [0, 0.05) is 84.9 Å². The second-order valence-electron chi connectivity index (χ2n) is 16.6. The van der Waals surface area contributed by atoms with Gasteiger partial charge < -0.3 is 30.1 Å². The van der Waals surface area contributed by atoms with E-state index in [1.165, 1.54) is 0 Å². The molecule has 10 rings (SSSR count). The molecule has 67 heavy (non-hydrogen) atoms. The Labute approximate surface area is 396 Å². The summed E-state index contributed by atoms with van der Waals surface area (Å²) in [6.45, 7) is 16.1. The van der Waals surface area contributed by atoms with Crippen LogP contribution in [-0.4, -0.2) is 62.0 Å². The number of fused-ring (bicyclic) bond motifs is 16. The van der Waals surface area contributed by atoms with Crippen molar-refractivity contribution in [3.63, 3.8) is 0 Å². The molecule has 12 nitrogen and oxygen atoms in total. The third kappa shape index (κ3) is 9.60. The van der Waals surface area contributed by atoms with Crippen molar-refractivity contribution in [1.29, 1.82) is 0 Å². The average Bonchev–Trinajstić information content (AvgIpc) is 4.17. The van der Waals surface area contributed by atoms with Gasteiger partial charge in [0.1, 0.15) is 0 Å². The number of rotatable bonds is 8. The minimum Gasteiger partial charge on any atom is -0.481 e. The van der Waals surface area contributed by atoms with Crippen LogP contribution in [0.2, 0.25) is 0 Å². The first-order chi connectivity index (χ1) is 31.8. The number of hydrogen-bond acceptors (Lipinski definition) is 6. The first kappa shape index (κ1) is 45.7. The zero-order valence-electron chi connectivity index (χ0n) is 37.5. The summed E-state index contributed by atoms with van der Waals surface area (Å²) < 4.78 is 0. The standard InChI is InChI=1S/C34H34N4O4.C20H14N4.Co/c1-7-21-17(3)25-13-26-19(5)23(9-11-33(39)40)31(37-26)16-32-24(10-12-34(41)42)20(6)28(38-32)15-30-22(8-2)18(4)27(36-30)14-29(21)35-25;1-2-14-10-16-5-6-18(23-16)12-20-8-7-19(24-20)11-17-4-3-15(22-17)9-13(1)21-14;/h7-8,13-16,35-36H,1-2,9-12H2,3-6H3,(H,39,40)(H,41,42);1-12,21-22H;. The Balaban J connectivity index is 0.000000205. The van der Waals surface area contributed by atoms with Gasteiger partial charge in [-0.2, -0.15) is 0 Å². The maximum absolute atomic E-state index is 11.5.